The molecule has 1 aromatic rings. The van der Waals surface area contributed by atoms with Gasteiger partial charge < -0.3 is 15.8 Å². The number of aliphatic imine (C=N–C) groups is 1. The minimum atomic E-state index is -3.46. The van der Waals surface area contributed by atoms with E-state index in [1.165, 1.54) is 4.31 Å². The third-order valence-corrected chi connectivity index (χ3v) is 5.62. The monoisotopic (exact) mass is 356 g/mol. The van der Waals surface area contributed by atoms with Gasteiger partial charge in [0.05, 0.1) is 18.0 Å². The van der Waals surface area contributed by atoms with Crippen LogP contribution in [0.4, 0.5) is 0 Å². The van der Waals surface area contributed by atoms with E-state index in [1.807, 2.05) is 20.8 Å². The van der Waals surface area contributed by atoms with Crippen LogP contribution in [0.5, 0.6) is 0 Å². The third-order valence-electron chi connectivity index (χ3n) is 3.57. The highest BCUT2D eigenvalue weighted by molar-refractivity contribution is 7.89. The lowest BCUT2D eigenvalue weighted by Crippen LogP contribution is -2.40. The summed E-state index contributed by atoms with van der Waals surface area (Å²) >= 11 is 0. The van der Waals surface area contributed by atoms with E-state index >= 15 is 0 Å². The smallest absolute Gasteiger partial charge is 0.243 e. The first kappa shape index (κ1) is 20.4. The molecule has 0 bridgehead atoms. The molecule has 0 fully saturated rings. The van der Waals surface area contributed by atoms with E-state index in [1.54, 1.807) is 38.4 Å². The van der Waals surface area contributed by atoms with Gasteiger partial charge in [0.2, 0.25) is 10.0 Å². The van der Waals surface area contributed by atoms with Gasteiger partial charge in [0.1, 0.15) is 0 Å². The van der Waals surface area contributed by atoms with E-state index in [2.05, 4.69) is 10.3 Å². The molecule has 24 heavy (non-hydrogen) atoms. The summed E-state index contributed by atoms with van der Waals surface area (Å²) in [6.07, 6.45) is 0. The van der Waals surface area contributed by atoms with Gasteiger partial charge in [-0.1, -0.05) is 12.1 Å². The molecule has 0 aliphatic rings. The lowest BCUT2D eigenvalue weighted by molar-refractivity contribution is 0.179. The first-order valence-electron chi connectivity index (χ1n) is 7.80. The number of ether oxygens (including phenoxy) is 1. The molecular formula is C16H28N4O3S. The van der Waals surface area contributed by atoms with Crippen molar-refractivity contribution >= 4 is 16.0 Å². The van der Waals surface area contributed by atoms with Gasteiger partial charge in [-0.25, -0.2) is 13.4 Å². The summed E-state index contributed by atoms with van der Waals surface area (Å²) < 4.78 is 31.1. The fraction of sp³-hybridized carbons (Fsp3) is 0.562. The molecule has 0 saturated carbocycles. The molecule has 0 aliphatic carbocycles. The molecule has 0 aromatic heterocycles. The van der Waals surface area contributed by atoms with Gasteiger partial charge in [-0.15, -0.1) is 0 Å². The molecule has 0 aliphatic heterocycles. The number of methoxy groups -OCH3 is 1. The zero-order chi connectivity index (χ0) is 18.3. The van der Waals surface area contributed by atoms with Crippen LogP contribution in [0.25, 0.3) is 0 Å². The van der Waals surface area contributed by atoms with Gasteiger partial charge in [0.25, 0.3) is 0 Å². The molecule has 0 spiro atoms. The average Bonchev–Trinajstić information content (AvgIpc) is 2.52. The minimum absolute atomic E-state index is 0.0674. The van der Waals surface area contributed by atoms with Crippen LogP contribution in [-0.4, -0.2) is 51.5 Å². The number of nitrogens with two attached hydrogens (primary N) is 1. The maximum atomic E-state index is 12.4. The largest absolute Gasteiger partial charge is 0.383 e. The Morgan fingerprint density at radius 3 is 2.38 bits per heavy atom. The van der Waals surface area contributed by atoms with Crippen LogP contribution in [-0.2, 0) is 21.3 Å². The Balaban J connectivity index is 2.75. The van der Waals surface area contributed by atoms with Crippen molar-refractivity contribution in [1.82, 2.24) is 9.62 Å². The van der Waals surface area contributed by atoms with Crippen molar-refractivity contribution in [2.75, 3.05) is 20.8 Å². The Bertz CT molecular complexity index is 642. The van der Waals surface area contributed by atoms with E-state index in [-0.39, 0.29) is 17.0 Å². The predicted molar refractivity (Wildman–Crippen MR) is 96.3 cm³/mol. The number of nitrogens with one attached hydrogen (secondary N) is 1. The summed E-state index contributed by atoms with van der Waals surface area (Å²) in [6, 6.07) is 6.65. The first-order chi connectivity index (χ1) is 11.2. The zero-order valence-electron chi connectivity index (χ0n) is 15.0. The molecule has 8 heteroatoms. The Hall–Kier alpha value is -1.64. The van der Waals surface area contributed by atoms with Gasteiger partial charge in [0.15, 0.2) is 5.96 Å². The van der Waals surface area contributed by atoms with Crippen LogP contribution < -0.4 is 11.1 Å². The maximum Gasteiger partial charge on any atom is 0.243 e. The van der Waals surface area contributed by atoms with Crippen LogP contribution >= 0.6 is 0 Å². The number of hydrogen-bond donors (Lipinski definition) is 2. The van der Waals surface area contributed by atoms with Crippen molar-refractivity contribution in [3.63, 3.8) is 0 Å². The summed E-state index contributed by atoms with van der Waals surface area (Å²) in [4.78, 5) is 4.51. The van der Waals surface area contributed by atoms with Crippen LogP contribution in [0.3, 0.4) is 0 Å². The number of benzene rings is 1. The Kier molecular flexibility index (Phi) is 7.65. The van der Waals surface area contributed by atoms with Crippen molar-refractivity contribution in [2.45, 2.75) is 44.3 Å². The van der Waals surface area contributed by atoms with E-state index in [4.69, 9.17) is 10.5 Å². The molecule has 1 aromatic carbocycles. The second-order valence-electron chi connectivity index (χ2n) is 5.96. The first-order valence-corrected chi connectivity index (χ1v) is 9.24. The summed E-state index contributed by atoms with van der Waals surface area (Å²) in [5.41, 5.74) is 6.69. The van der Waals surface area contributed by atoms with E-state index in [0.29, 0.717) is 19.1 Å². The summed E-state index contributed by atoms with van der Waals surface area (Å²) in [6.45, 7) is 6.52. The van der Waals surface area contributed by atoms with Crippen LogP contribution in [0.1, 0.15) is 26.3 Å². The van der Waals surface area contributed by atoms with Crippen molar-refractivity contribution in [3.8, 4) is 0 Å². The lowest BCUT2D eigenvalue weighted by Gasteiger charge is -2.21. The van der Waals surface area contributed by atoms with Gasteiger partial charge in [-0.05, 0) is 38.5 Å². The molecule has 3 N–H and O–H groups in total. The van der Waals surface area contributed by atoms with E-state index < -0.39 is 10.0 Å². The highest BCUT2D eigenvalue weighted by Crippen LogP contribution is 2.17. The number of guanidine groups is 1. The van der Waals surface area contributed by atoms with Crippen LogP contribution in [0.15, 0.2) is 34.2 Å². The minimum Gasteiger partial charge on any atom is -0.383 e. The number of nitrogens with zero attached hydrogens (tertiary/aromatic N) is 2. The fourth-order valence-electron chi connectivity index (χ4n) is 1.98. The van der Waals surface area contributed by atoms with Crippen molar-refractivity contribution in [1.29, 1.82) is 0 Å². The molecule has 7 nitrogen and oxygen atoms in total. The second kappa shape index (κ2) is 9.00. The molecular weight excluding hydrogens is 328 g/mol. The number of sulfonamides is 1. The lowest BCUT2D eigenvalue weighted by atomic mass is 10.2. The molecule has 1 rings (SSSR count). The number of hydrogen-bond acceptors (Lipinski definition) is 4. The standard InChI is InChI=1S/C16H28N4O3S/c1-12(2)20(4)24(21,22)15-8-6-14(7-9-15)10-18-16(17)19-13(3)11-23-5/h6-9,12-13H,10-11H2,1-5H3,(H3,17,18,19). The normalized spacial score (nSPS) is 14.2. The Labute approximate surface area is 145 Å². The van der Waals surface area contributed by atoms with Crippen molar-refractivity contribution < 1.29 is 13.2 Å². The van der Waals surface area contributed by atoms with Gasteiger partial charge in [-0.3, -0.25) is 0 Å². The van der Waals surface area contributed by atoms with Crippen LogP contribution in [0.2, 0.25) is 0 Å². The average molecular weight is 356 g/mol. The van der Waals surface area contributed by atoms with Crippen molar-refractivity contribution in [2.24, 2.45) is 10.7 Å². The maximum absolute atomic E-state index is 12.4. The third kappa shape index (κ3) is 5.77. The van der Waals surface area contributed by atoms with Gasteiger partial charge in [-0.2, -0.15) is 4.31 Å². The molecule has 1 unspecified atom stereocenters. The van der Waals surface area contributed by atoms with Crippen molar-refractivity contribution in [3.05, 3.63) is 29.8 Å². The highest BCUT2D eigenvalue weighted by Gasteiger charge is 2.22. The van der Waals surface area contributed by atoms with E-state index in [9.17, 15) is 8.42 Å². The Morgan fingerprint density at radius 2 is 1.88 bits per heavy atom. The molecule has 136 valence electrons. The van der Waals surface area contributed by atoms with E-state index in [0.717, 1.165) is 5.56 Å². The summed E-state index contributed by atoms with van der Waals surface area (Å²) in [7, 11) is -0.264. The number of rotatable bonds is 8. The molecule has 0 radical (unpaired) electrons. The topological polar surface area (TPSA) is 97.0 Å². The quantitative estimate of drug-likeness (QED) is 0.538. The molecule has 0 amide bonds. The fourth-order valence-corrected chi connectivity index (χ4v) is 3.34. The highest BCUT2D eigenvalue weighted by atomic mass is 32.2. The van der Waals surface area contributed by atoms with Gasteiger partial charge in [0, 0.05) is 26.2 Å². The Morgan fingerprint density at radius 1 is 1.29 bits per heavy atom. The summed E-state index contributed by atoms with van der Waals surface area (Å²) in [5.74, 6) is 0.329. The predicted octanol–water partition coefficient (Wildman–Crippen LogP) is 1.15. The van der Waals surface area contributed by atoms with Gasteiger partial charge >= 0.3 is 0 Å². The molecule has 0 saturated heterocycles. The zero-order valence-corrected chi connectivity index (χ0v) is 15.8. The molecule has 0 heterocycles. The second-order valence-corrected chi connectivity index (χ2v) is 7.96. The SMILES string of the molecule is COCC(C)NC(N)=NCc1ccc(S(=O)(=O)N(C)C(C)C)cc1. The summed E-state index contributed by atoms with van der Waals surface area (Å²) in [5, 5.41) is 3.01. The molecule has 1 atom stereocenters. The van der Waals surface area contributed by atoms with Crippen LogP contribution in [0, 0.1) is 0 Å².